The molecule has 0 saturated carbocycles. The maximum atomic E-state index is 12.4. The highest BCUT2D eigenvalue weighted by atomic mass is 16.5. The summed E-state index contributed by atoms with van der Waals surface area (Å²) in [4.78, 5) is 14.6. The average Bonchev–Trinajstić information content (AvgIpc) is 2.63. The zero-order valence-electron chi connectivity index (χ0n) is 13.4. The molecule has 4 nitrogen and oxygen atoms in total. The minimum Gasteiger partial charge on any atom is -0.378 e. The number of hydrogen-bond acceptors (Lipinski definition) is 3. The maximum Gasteiger partial charge on any atom is 0.251 e. The van der Waals surface area contributed by atoms with Crippen LogP contribution in [0.1, 0.15) is 28.9 Å². The highest BCUT2D eigenvalue weighted by Gasteiger charge is 2.14. The molecule has 0 radical (unpaired) electrons. The molecule has 120 valence electrons. The summed E-state index contributed by atoms with van der Waals surface area (Å²) in [7, 11) is 0. The minimum atomic E-state index is -0.0464. The van der Waals surface area contributed by atoms with Crippen molar-refractivity contribution in [2.24, 2.45) is 0 Å². The minimum absolute atomic E-state index is 0.0115. The first-order chi connectivity index (χ1) is 11.2. The van der Waals surface area contributed by atoms with E-state index in [0.717, 1.165) is 37.6 Å². The Bertz CT molecular complexity index is 634. The Morgan fingerprint density at radius 2 is 1.70 bits per heavy atom. The first kappa shape index (κ1) is 15.6. The number of nitrogens with zero attached hydrogens (tertiary/aromatic N) is 1. The Morgan fingerprint density at radius 3 is 2.35 bits per heavy atom. The highest BCUT2D eigenvalue weighted by Crippen LogP contribution is 2.18. The zero-order chi connectivity index (χ0) is 16.1. The van der Waals surface area contributed by atoms with E-state index >= 15 is 0 Å². The zero-order valence-corrected chi connectivity index (χ0v) is 13.4. The van der Waals surface area contributed by atoms with Crippen LogP contribution in [0.5, 0.6) is 0 Å². The quantitative estimate of drug-likeness (QED) is 0.944. The van der Waals surface area contributed by atoms with Crippen molar-refractivity contribution < 1.29 is 9.53 Å². The smallest absolute Gasteiger partial charge is 0.251 e. The van der Waals surface area contributed by atoms with Gasteiger partial charge >= 0.3 is 0 Å². The summed E-state index contributed by atoms with van der Waals surface area (Å²) in [5.74, 6) is -0.0464. The molecular formula is C19H22N2O2. The second-order valence-corrected chi connectivity index (χ2v) is 5.75. The summed E-state index contributed by atoms with van der Waals surface area (Å²) in [5, 5.41) is 3.04. The Labute approximate surface area is 137 Å². The van der Waals surface area contributed by atoms with Gasteiger partial charge in [-0.05, 0) is 36.8 Å². The Hall–Kier alpha value is -2.33. The lowest BCUT2D eigenvalue weighted by Crippen LogP contribution is -2.36. The molecule has 1 fully saturated rings. The van der Waals surface area contributed by atoms with Crippen LogP contribution < -0.4 is 10.2 Å². The van der Waals surface area contributed by atoms with Gasteiger partial charge in [-0.15, -0.1) is 0 Å². The molecule has 1 aliphatic heterocycles. The summed E-state index contributed by atoms with van der Waals surface area (Å²) < 4.78 is 5.36. The van der Waals surface area contributed by atoms with E-state index in [1.807, 2.05) is 61.5 Å². The molecule has 0 unspecified atom stereocenters. The Balaban J connectivity index is 1.63. The van der Waals surface area contributed by atoms with Crippen LogP contribution in [-0.2, 0) is 4.74 Å². The number of carbonyl (C=O) groups is 1. The molecule has 0 spiro atoms. The third-order valence-corrected chi connectivity index (χ3v) is 4.15. The van der Waals surface area contributed by atoms with Gasteiger partial charge in [-0.25, -0.2) is 0 Å². The van der Waals surface area contributed by atoms with Crippen molar-refractivity contribution in [3.8, 4) is 0 Å². The highest BCUT2D eigenvalue weighted by molar-refractivity contribution is 5.94. The molecule has 0 bridgehead atoms. The number of anilines is 1. The van der Waals surface area contributed by atoms with E-state index in [0.29, 0.717) is 5.56 Å². The van der Waals surface area contributed by atoms with Gasteiger partial charge in [0, 0.05) is 24.3 Å². The normalized spacial score (nSPS) is 16.0. The topological polar surface area (TPSA) is 41.6 Å². The predicted octanol–water partition coefficient (Wildman–Crippen LogP) is 3.01. The van der Waals surface area contributed by atoms with Crippen LogP contribution >= 0.6 is 0 Å². The summed E-state index contributed by atoms with van der Waals surface area (Å²) >= 11 is 0. The van der Waals surface area contributed by atoms with Crippen molar-refractivity contribution in [1.29, 1.82) is 0 Å². The second-order valence-electron chi connectivity index (χ2n) is 5.75. The number of ether oxygens (including phenoxy) is 1. The molecule has 4 heteroatoms. The fourth-order valence-electron chi connectivity index (χ4n) is 2.75. The van der Waals surface area contributed by atoms with Gasteiger partial charge in [0.15, 0.2) is 0 Å². The summed E-state index contributed by atoms with van der Waals surface area (Å²) in [5.41, 5.74) is 2.93. The molecule has 1 saturated heterocycles. The first-order valence-electron chi connectivity index (χ1n) is 8.02. The molecule has 3 rings (SSSR count). The molecule has 1 amide bonds. The lowest BCUT2D eigenvalue weighted by Gasteiger charge is -2.28. The van der Waals surface area contributed by atoms with Crippen molar-refractivity contribution in [3.63, 3.8) is 0 Å². The molecule has 1 aliphatic rings. The van der Waals surface area contributed by atoms with Crippen molar-refractivity contribution in [3.05, 3.63) is 65.7 Å². The van der Waals surface area contributed by atoms with Gasteiger partial charge in [0.25, 0.3) is 5.91 Å². The van der Waals surface area contributed by atoms with Crippen LogP contribution in [0.25, 0.3) is 0 Å². The molecule has 0 aromatic heterocycles. The largest absolute Gasteiger partial charge is 0.378 e. The van der Waals surface area contributed by atoms with Crippen molar-refractivity contribution in [1.82, 2.24) is 5.32 Å². The predicted molar refractivity (Wildman–Crippen MR) is 91.8 cm³/mol. The van der Waals surface area contributed by atoms with Crippen LogP contribution in [0.4, 0.5) is 5.69 Å². The van der Waals surface area contributed by atoms with E-state index in [4.69, 9.17) is 4.74 Å². The van der Waals surface area contributed by atoms with Crippen molar-refractivity contribution >= 4 is 11.6 Å². The van der Waals surface area contributed by atoms with E-state index in [2.05, 4.69) is 10.2 Å². The standard InChI is InChI=1S/C19H22N2O2/c1-15(16-5-3-2-4-6-16)20-19(22)17-7-9-18(10-8-17)21-11-13-23-14-12-21/h2-10,15H,11-14H2,1H3,(H,20,22)/t15-/m0/s1. The monoisotopic (exact) mass is 310 g/mol. The van der Waals surface area contributed by atoms with E-state index in [9.17, 15) is 4.79 Å². The SMILES string of the molecule is C[C@H](NC(=O)c1ccc(N2CCOCC2)cc1)c1ccccc1. The first-order valence-corrected chi connectivity index (χ1v) is 8.02. The van der Waals surface area contributed by atoms with Gasteiger partial charge in [-0.1, -0.05) is 30.3 Å². The summed E-state index contributed by atoms with van der Waals surface area (Å²) in [6.07, 6.45) is 0. The van der Waals surface area contributed by atoms with Gasteiger partial charge in [-0.2, -0.15) is 0 Å². The average molecular weight is 310 g/mol. The van der Waals surface area contributed by atoms with E-state index in [1.54, 1.807) is 0 Å². The van der Waals surface area contributed by atoms with E-state index in [-0.39, 0.29) is 11.9 Å². The molecule has 2 aromatic carbocycles. The fourth-order valence-corrected chi connectivity index (χ4v) is 2.75. The number of morpholine rings is 1. The summed E-state index contributed by atoms with van der Waals surface area (Å²) in [6, 6.07) is 17.8. The van der Waals surface area contributed by atoms with Crippen LogP contribution in [-0.4, -0.2) is 32.2 Å². The van der Waals surface area contributed by atoms with E-state index < -0.39 is 0 Å². The number of rotatable bonds is 4. The van der Waals surface area contributed by atoms with Gasteiger partial charge in [0.2, 0.25) is 0 Å². The third kappa shape index (κ3) is 3.90. The number of hydrogen-bond donors (Lipinski definition) is 1. The molecule has 1 heterocycles. The van der Waals surface area contributed by atoms with Crippen LogP contribution in [0.2, 0.25) is 0 Å². The van der Waals surface area contributed by atoms with Gasteiger partial charge in [-0.3, -0.25) is 4.79 Å². The molecule has 23 heavy (non-hydrogen) atoms. The van der Waals surface area contributed by atoms with Gasteiger partial charge < -0.3 is 15.0 Å². The van der Waals surface area contributed by atoms with Crippen LogP contribution in [0, 0.1) is 0 Å². The number of amides is 1. The molecule has 1 atom stereocenters. The Morgan fingerprint density at radius 1 is 1.04 bits per heavy atom. The molecule has 0 aliphatic carbocycles. The summed E-state index contributed by atoms with van der Waals surface area (Å²) in [6.45, 7) is 5.32. The number of benzene rings is 2. The number of nitrogens with one attached hydrogen (secondary N) is 1. The molecule has 2 aromatic rings. The lowest BCUT2D eigenvalue weighted by atomic mass is 10.1. The van der Waals surface area contributed by atoms with Crippen molar-refractivity contribution in [2.75, 3.05) is 31.2 Å². The third-order valence-electron chi connectivity index (χ3n) is 4.15. The Kier molecular flexibility index (Phi) is 4.93. The van der Waals surface area contributed by atoms with Gasteiger partial charge in [0.05, 0.1) is 19.3 Å². The van der Waals surface area contributed by atoms with Crippen molar-refractivity contribution in [2.45, 2.75) is 13.0 Å². The fraction of sp³-hybridized carbons (Fsp3) is 0.316. The number of carbonyl (C=O) groups excluding carboxylic acids is 1. The second kappa shape index (κ2) is 7.29. The van der Waals surface area contributed by atoms with Crippen LogP contribution in [0.3, 0.4) is 0 Å². The van der Waals surface area contributed by atoms with Crippen LogP contribution in [0.15, 0.2) is 54.6 Å². The van der Waals surface area contributed by atoms with E-state index in [1.165, 1.54) is 0 Å². The van der Waals surface area contributed by atoms with Gasteiger partial charge in [0.1, 0.15) is 0 Å². The molecule has 1 N–H and O–H groups in total. The molecular weight excluding hydrogens is 288 g/mol. The lowest BCUT2D eigenvalue weighted by molar-refractivity contribution is 0.0940. The maximum absolute atomic E-state index is 12.4.